The zero-order valence-corrected chi connectivity index (χ0v) is 30.0. The molecular weight excluding hydrogens is 644 g/mol. The first kappa shape index (κ1) is 38.5. The molecule has 262 valence electrons. The van der Waals surface area contributed by atoms with Crippen molar-refractivity contribution in [2.75, 3.05) is 58.7 Å². The Labute approximate surface area is 285 Å². The number of hydrogen-bond donors (Lipinski definition) is 2. The van der Waals surface area contributed by atoms with E-state index in [1.165, 1.54) is 30.3 Å². The van der Waals surface area contributed by atoms with E-state index in [4.69, 9.17) is 21.1 Å². The first-order valence-corrected chi connectivity index (χ1v) is 18.1. The Morgan fingerprint density at radius 1 is 1.13 bits per heavy atom. The molecule has 0 aliphatic carbocycles. The number of amides is 2. The Kier molecular flexibility index (Phi) is 14.8. The Hall–Kier alpha value is -2.90. The van der Waals surface area contributed by atoms with Gasteiger partial charge in [-0.25, -0.2) is 8.42 Å². The van der Waals surface area contributed by atoms with Crippen LogP contribution in [0.25, 0.3) is 0 Å². The highest BCUT2D eigenvalue weighted by Gasteiger charge is 2.31. The van der Waals surface area contributed by atoms with Gasteiger partial charge in [-0.3, -0.25) is 14.3 Å². The maximum absolute atomic E-state index is 14.3. The summed E-state index contributed by atoms with van der Waals surface area (Å²) < 4.78 is 41.5. The van der Waals surface area contributed by atoms with Crippen LogP contribution >= 0.6 is 11.6 Å². The number of hydrogen-bond acceptors (Lipinski definition) is 8. The maximum Gasteiger partial charge on any atom is 0.261 e. The predicted molar refractivity (Wildman–Crippen MR) is 185 cm³/mol. The topological polar surface area (TPSA) is 129 Å². The van der Waals surface area contributed by atoms with Crippen LogP contribution in [0.15, 0.2) is 47.4 Å². The molecule has 2 aromatic carbocycles. The molecule has 2 aromatic rings. The second-order valence-electron chi connectivity index (χ2n) is 12.8. The number of nitrogens with one attached hydrogen (secondary N) is 1. The van der Waals surface area contributed by atoms with Crippen molar-refractivity contribution >= 4 is 39.1 Å². The minimum atomic E-state index is -3.98. The van der Waals surface area contributed by atoms with Gasteiger partial charge in [0, 0.05) is 49.8 Å². The predicted octanol–water partition coefficient (Wildman–Crippen LogP) is 4.74. The van der Waals surface area contributed by atoms with Gasteiger partial charge in [0.15, 0.2) is 0 Å². The second-order valence-corrected chi connectivity index (χ2v) is 14.9. The maximum atomic E-state index is 14.3. The average Bonchev–Trinajstić information content (AvgIpc) is 3.02. The van der Waals surface area contributed by atoms with Gasteiger partial charge in [-0.2, -0.15) is 0 Å². The third kappa shape index (κ3) is 11.6. The molecule has 0 fully saturated rings. The number of fused-ring (bicyclic) bond motifs is 1. The molecule has 0 radical (unpaired) electrons. The summed E-state index contributed by atoms with van der Waals surface area (Å²) >= 11 is 5.94. The summed E-state index contributed by atoms with van der Waals surface area (Å²) in [6, 6.07) is 9.85. The van der Waals surface area contributed by atoms with Crippen LogP contribution < -0.4 is 9.46 Å². The molecule has 13 heteroatoms. The van der Waals surface area contributed by atoms with E-state index in [1.54, 1.807) is 35.9 Å². The molecule has 1 aliphatic heterocycles. The Balaban J connectivity index is 1.93. The minimum absolute atomic E-state index is 0.0229. The fourth-order valence-electron chi connectivity index (χ4n) is 5.39. The van der Waals surface area contributed by atoms with Gasteiger partial charge < -0.3 is 29.3 Å². The van der Waals surface area contributed by atoms with E-state index in [-0.39, 0.29) is 53.3 Å². The van der Waals surface area contributed by atoms with E-state index in [0.29, 0.717) is 36.8 Å². The van der Waals surface area contributed by atoms with Crippen LogP contribution in [0.2, 0.25) is 5.02 Å². The number of sulfonamides is 1. The molecule has 2 N–H and O–H groups in total. The normalized spacial score (nSPS) is 20.6. The summed E-state index contributed by atoms with van der Waals surface area (Å²) in [6.07, 6.45) is 2.94. The van der Waals surface area contributed by atoms with E-state index in [2.05, 4.69) is 4.72 Å². The smallest absolute Gasteiger partial charge is 0.261 e. The average molecular weight is 695 g/mol. The van der Waals surface area contributed by atoms with Crippen LogP contribution in [0.4, 0.5) is 5.69 Å². The number of ether oxygens (including phenoxy) is 2. The lowest BCUT2D eigenvalue weighted by molar-refractivity contribution is -0.132. The highest BCUT2D eigenvalue weighted by atomic mass is 35.5. The molecule has 0 bridgehead atoms. The number of carbonyl (C=O) groups excluding carboxylic acids is 2. The number of aliphatic hydroxyl groups excluding tert-OH is 1. The fourth-order valence-corrected chi connectivity index (χ4v) is 6.56. The third-order valence-electron chi connectivity index (χ3n) is 8.30. The molecule has 11 nitrogen and oxygen atoms in total. The number of carbonyl (C=O) groups is 2. The van der Waals surface area contributed by atoms with Crippen molar-refractivity contribution in [3.63, 3.8) is 0 Å². The van der Waals surface area contributed by atoms with E-state index in [9.17, 15) is 23.1 Å². The van der Waals surface area contributed by atoms with Crippen LogP contribution in [0.1, 0.15) is 63.2 Å². The molecule has 1 heterocycles. The number of halogens is 1. The van der Waals surface area contributed by atoms with Gasteiger partial charge in [-0.1, -0.05) is 18.5 Å². The quantitative estimate of drug-likeness (QED) is 0.346. The minimum Gasteiger partial charge on any atom is -0.490 e. The van der Waals surface area contributed by atoms with Gasteiger partial charge in [0.2, 0.25) is 5.91 Å². The van der Waals surface area contributed by atoms with Crippen LogP contribution in [0.5, 0.6) is 5.75 Å². The molecule has 2 amide bonds. The van der Waals surface area contributed by atoms with Crippen LogP contribution in [0.3, 0.4) is 0 Å². The number of benzene rings is 2. The van der Waals surface area contributed by atoms with Gasteiger partial charge in [0.05, 0.1) is 35.3 Å². The third-order valence-corrected chi connectivity index (χ3v) is 9.95. The molecule has 1 aliphatic rings. The number of likely N-dealkylation sites (N-methyl/N-ethyl adjacent to an activating group) is 1. The number of rotatable bonds is 11. The van der Waals surface area contributed by atoms with Crippen LogP contribution in [0, 0.1) is 5.92 Å². The lowest BCUT2D eigenvalue weighted by Crippen LogP contribution is -2.48. The summed E-state index contributed by atoms with van der Waals surface area (Å²) in [5.41, 5.74) is 0.355. The highest BCUT2D eigenvalue weighted by molar-refractivity contribution is 7.92. The Morgan fingerprint density at radius 3 is 2.49 bits per heavy atom. The van der Waals surface area contributed by atoms with Gasteiger partial charge in [-0.15, -0.1) is 0 Å². The first-order valence-electron chi connectivity index (χ1n) is 16.2. The van der Waals surface area contributed by atoms with Crippen molar-refractivity contribution < 1.29 is 32.6 Å². The van der Waals surface area contributed by atoms with Crippen LogP contribution in [-0.4, -0.2) is 112 Å². The SMILES string of the molecule is C[C@@H]1CN([C@H](C)CO)C(=O)c2cc(NS(=O)(=O)c3ccc(Cl)cc3)ccc2O[C@@H](C)CCCCO[C@@H]1CN(C)C(=O)CCCN(C)C. The summed E-state index contributed by atoms with van der Waals surface area (Å²) in [4.78, 5) is 32.6. The van der Waals surface area contributed by atoms with Crippen molar-refractivity contribution in [2.24, 2.45) is 5.92 Å². The van der Waals surface area contributed by atoms with E-state index in [1.807, 2.05) is 32.8 Å². The Morgan fingerprint density at radius 2 is 1.83 bits per heavy atom. The van der Waals surface area contributed by atoms with Crippen molar-refractivity contribution in [2.45, 2.75) is 76.0 Å². The van der Waals surface area contributed by atoms with Crippen LogP contribution in [-0.2, 0) is 19.6 Å². The largest absolute Gasteiger partial charge is 0.490 e. The van der Waals surface area contributed by atoms with Crippen molar-refractivity contribution in [3.8, 4) is 5.75 Å². The summed E-state index contributed by atoms with van der Waals surface area (Å²) in [5, 5.41) is 10.6. The fraction of sp³-hybridized carbons (Fsp3) is 0.588. The van der Waals surface area contributed by atoms with Crippen molar-refractivity contribution in [3.05, 3.63) is 53.1 Å². The zero-order valence-electron chi connectivity index (χ0n) is 28.4. The molecule has 47 heavy (non-hydrogen) atoms. The molecule has 0 saturated carbocycles. The first-order chi connectivity index (χ1) is 22.2. The molecule has 3 rings (SSSR count). The lowest BCUT2D eigenvalue weighted by atomic mass is 10.0. The van der Waals surface area contributed by atoms with Gasteiger partial charge in [-0.05, 0) is 103 Å². The van der Waals surface area contributed by atoms with Crippen molar-refractivity contribution in [1.29, 1.82) is 0 Å². The van der Waals surface area contributed by atoms with E-state index in [0.717, 1.165) is 25.8 Å². The Bertz CT molecular complexity index is 1420. The standard InChI is InChI=1S/C34H51ClN4O7S/c1-24-21-39(25(2)23-40)34(42)30-20-28(36-47(43,44)29-15-12-27(35)13-16-29)14-17-31(30)46-26(3)10-7-8-19-45-32(24)22-38(6)33(41)11-9-18-37(4)5/h12-17,20,24-26,32,36,40H,7-11,18-19,21-23H2,1-6H3/t24-,25-,26+,32-/m1/s1. The van der Waals surface area contributed by atoms with Gasteiger partial charge >= 0.3 is 0 Å². The molecular formula is C34H51ClN4O7S. The van der Waals surface area contributed by atoms with Crippen molar-refractivity contribution in [1.82, 2.24) is 14.7 Å². The highest BCUT2D eigenvalue weighted by Crippen LogP contribution is 2.30. The number of nitrogens with zero attached hydrogens (tertiary/aromatic N) is 3. The number of aliphatic hydroxyl groups is 1. The zero-order chi connectivity index (χ0) is 34.7. The molecule has 0 aromatic heterocycles. The summed E-state index contributed by atoms with van der Waals surface area (Å²) in [7, 11) is 1.75. The monoisotopic (exact) mass is 694 g/mol. The number of anilines is 1. The van der Waals surface area contributed by atoms with Gasteiger partial charge in [0.1, 0.15) is 5.75 Å². The molecule has 0 saturated heterocycles. The summed E-state index contributed by atoms with van der Waals surface area (Å²) in [6.45, 7) is 7.27. The molecule has 0 unspecified atom stereocenters. The van der Waals surface area contributed by atoms with Gasteiger partial charge in [0.25, 0.3) is 15.9 Å². The molecule has 0 spiro atoms. The lowest BCUT2D eigenvalue weighted by Gasteiger charge is -2.36. The second kappa shape index (κ2) is 18.0. The van der Waals surface area contributed by atoms with E-state index < -0.39 is 22.0 Å². The van der Waals surface area contributed by atoms with E-state index >= 15 is 0 Å². The summed E-state index contributed by atoms with van der Waals surface area (Å²) in [5.74, 6) is -0.264. The molecule has 4 atom stereocenters.